The molecule has 5 nitrogen and oxygen atoms in total. The standard InChI is InChI=1S/C7H13BO.C5H9O2.C3H6O2.2CH3.V.W/c1-9-5-6-2-3-7(8)4-6;1-3-5(6)4-7-2;1-3(4)5-2;;;;/h6-7H,2-5H2,1H3;1,3-4H2,2H3;1-2H3;2*1H3;;/q;-1;;2*-1;;+2. The summed E-state index contributed by atoms with van der Waals surface area (Å²) >= 11 is 0. The summed E-state index contributed by atoms with van der Waals surface area (Å²) in [7, 11) is 10.3. The van der Waals surface area contributed by atoms with Crippen LogP contribution >= 0.6 is 0 Å². The third-order valence-corrected chi connectivity index (χ3v) is 2.86. The molecule has 0 aromatic heterocycles. The van der Waals surface area contributed by atoms with Crippen LogP contribution in [0.25, 0.3) is 0 Å². The van der Waals surface area contributed by atoms with Gasteiger partial charge in [-0.15, -0.1) is 6.42 Å². The van der Waals surface area contributed by atoms with Gasteiger partial charge in [0.2, 0.25) is 0 Å². The minimum absolute atomic E-state index is 0. The Morgan fingerprint density at radius 2 is 1.60 bits per heavy atom. The second kappa shape index (κ2) is 29.2. The van der Waals surface area contributed by atoms with Gasteiger partial charge in [-0.25, -0.2) is 0 Å². The average Bonchev–Trinajstić information content (AvgIpc) is 2.86. The number of hydrogen-bond donors (Lipinski definition) is 0. The summed E-state index contributed by atoms with van der Waals surface area (Å²) in [5.74, 6) is 0.989. The first-order chi connectivity index (χ1) is 9.90. The van der Waals surface area contributed by atoms with Crippen molar-refractivity contribution in [3.63, 3.8) is 0 Å². The summed E-state index contributed by atoms with van der Waals surface area (Å²) < 4.78 is 13.6. The van der Waals surface area contributed by atoms with Crippen LogP contribution in [0, 0.1) is 27.7 Å². The Bertz CT molecular complexity index is 282. The van der Waals surface area contributed by atoms with Gasteiger partial charge in [-0.05, 0) is 12.3 Å². The molecule has 3 radical (unpaired) electrons. The van der Waals surface area contributed by atoms with E-state index < -0.39 is 0 Å². The van der Waals surface area contributed by atoms with Crippen molar-refractivity contribution in [3.8, 4) is 0 Å². The van der Waals surface area contributed by atoms with Crippen LogP contribution in [0.3, 0.4) is 0 Å². The third kappa shape index (κ3) is 32.5. The molecule has 0 heterocycles. The van der Waals surface area contributed by atoms with Crippen molar-refractivity contribution in [2.24, 2.45) is 5.92 Å². The number of carbonyl (C=O) groups excluding carboxylic acids is 2. The predicted octanol–water partition coefficient (Wildman–Crippen LogP) is 2.89. The van der Waals surface area contributed by atoms with Gasteiger partial charge in [-0.2, -0.15) is 0 Å². The Morgan fingerprint density at radius 1 is 1.12 bits per heavy atom. The molecular formula is C17H34BO5VW-. The Morgan fingerprint density at radius 3 is 1.80 bits per heavy atom. The molecule has 0 amide bonds. The van der Waals surface area contributed by atoms with Gasteiger partial charge >= 0.3 is 27.0 Å². The van der Waals surface area contributed by atoms with Crippen LogP contribution in [0.4, 0.5) is 0 Å². The van der Waals surface area contributed by atoms with Gasteiger partial charge in [0.05, 0.1) is 15.0 Å². The van der Waals surface area contributed by atoms with Gasteiger partial charge in [0.1, 0.15) is 12.4 Å². The van der Waals surface area contributed by atoms with Crippen molar-refractivity contribution < 1.29 is 63.4 Å². The van der Waals surface area contributed by atoms with Crippen LogP contribution in [-0.4, -0.2) is 54.1 Å². The summed E-state index contributed by atoms with van der Waals surface area (Å²) in [6, 6.07) is 0. The minimum Gasteiger partial charge on any atom is -0.469 e. The molecule has 2 unspecified atom stereocenters. The first-order valence-electron chi connectivity index (χ1n) is 7.00. The number of methoxy groups -OCH3 is 3. The summed E-state index contributed by atoms with van der Waals surface area (Å²) in [5, 5.41) is 0. The molecule has 1 rings (SSSR count). The fraction of sp³-hybridized carbons (Fsp3) is 0.706. The number of rotatable bonds is 5. The summed E-state index contributed by atoms with van der Waals surface area (Å²) in [5.41, 5.74) is 0. The van der Waals surface area contributed by atoms with E-state index in [4.69, 9.17) is 12.6 Å². The average molecular weight is 564 g/mol. The van der Waals surface area contributed by atoms with Gasteiger partial charge in [0, 0.05) is 46.3 Å². The molecule has 0 aromatic carbocycles. The molecule has 2 atom stereocenters. The maximum absolute atomic E-state index is 10.2. The number of esters is 1. The van der Waals surface area contributed by atoms with E-state index in [1.165, 1.54) is 34.0 Å². The molecule has 0 N–H and O–H groups in total. The Kier molecular flexibility index (Phi) is 46.9. The molecule has 0 aliphatic heterocycles. The Hall–Kier alpha value is 0.398. The fourth-order valence-electron chi connectivity index (χ4n) is 1.73. The number of hydrogen-bond acceptors (Lipinski definition) is 5. The number of carbonyl (C=O) groups is 2. The van der Waals surface area contributed by atoms with Gasteiger partial charge in [0.15, 0.2) is 0 Å². The van der Waals surface area contributed by atoms with Crippen LogP contribution in [0.15, 0.2) is 0 Å². The minimum atomic E-state index is -0.245. The van der Waals surface area contributed by atoms with Crippen LogP contribution in [-0.2, 0) is 63.4 Å². The molecule has 0 bridgehead atoms. The van der Waals surface area contributed by atoms with E-state index in [0.29, 0.717) is 12.2 Å². The number of ketones is 1. The molecule has 0 saturated heterocycles. The normalized spacial score (nSPS) is 16.5. The fourth-order valence-corrected chi connectivity index (χ4v) is 1.73. The Labute approximate surface area is 183 Å². The van der Waals surface area contributed by atoms with Crippen molar-refractivity contribution in [2.45, 2.75) is 38.4 Å². The molecular weight excluding hydrogens is 530 g/mol. The summed E-state index contributed by atoms with van der Waals surface area (Å²) in [6.45, 7) is 5.83. The van der Waals surface area contributed by atoms with Gasteiger partial charge in [-0.1, -0.05) is 18.7 Å². The zero-order chi connectivity index (χ0) is 16.7. The molecule has 0 aromatic rings. The summed E-state index contributed by atoms with van der Waals surface area (Å²) in [4.78, 5) is 19.8. The predicted molar refractivity (Wildman–Crippen MR) is 96.1 cm³/mol. The van der Waals surface area contributed by atoms with Crippen LogP contribution in [0.1, 0.15) is 32.6 Å². The van der Waals surface area contributed by atoms with Crippen molar-refractivity contribution >= 4 is 19.6 Å². The first kappa shape index (κ1) is 40.2. The van der Waals surface area contributed by atoms with E-state index in [1.54, 1.807) is 7.11 Å². The van der Waals surface area contributed by atoms with Crippen LogP contribution < -0.4 is 0 Å². The second-order valence-electron chi connectivity index (χ2n) is 4.81. The van der Waals surface area contributed by atoms with E-state index >= 15 is 0 Å². The number of ether oxygens (including phenoxy) is 3. The molecule has 8 heteroatoms. The van der Waals surface area contributed by atoms with E-state index in [1.807, 2.05) is 0 Å². The van der Waals surface area contributed by atoms with Crippen molar-refractivity contribution in [2.75, 3.05) is 34.5 Å². The number of Topliss-reactive ketones (excluding diaryl/α,β-unsaturated/α-hetero) is 1. The first-order valence-corrected chi connectivity index (χ1v) is 7.00. The van der Waals surface area contributed by atoms with E-state index in [9.17, 15) is 9.59 Å². The largest absolute Gasteiger partial charge is 2.00 e. The SMILES string of the molecule is COC(C)=O.[B]C1CCC(COC)C1.[CH2-]CC(=O)COC.[CH3-].[CH3-].[V].[W+2]. The molecule has 1 aliphatic rings. The maximum atomic E-state index is 10.2. The molecule has 1 aliphatic carbocycles. The monoisotopic (exact) mass is 564 g/mol. The molecule has 1 saturated carbocycles. The quantitative estimate of drug-likeness (QED) is 0.292. The zero-order valence-corrected chi connectivity index (χ0v) is 20.9. The molecule has 0 spiro atoms. The summed E-state index contributed by atoms with van der Waals surface area (Å²) in [6.07, 6.45) is 3.94. The van der Waals surface area contributed by atoms with Crippen molar-refractivity contribution in [1.29, 1.82) is 0 Å². The van der Waals surface area contributed by atoms with Gasteiger partial charge < -0.3 is 40.8 Å². The van der Waals surface area contributed by atoms with E-state index in [-0.39, 0.29) is 72.8 Å². The smallest absolute Gasteiger partial charge is 0.469 e. The van der Waals surface area contributed by atoms with Crippen LogP contribution in [0.2, 0.25) is 5.82 Å². The molecule has 147 valence electrons. The Balaban J connectivity index is -0.0000000521. The third-order valence-electron chi connectivity index (χ3n) is 2.86. The van der Waals surface area contributed by atoms with Gasteiger partial charge in [0.25, 0.3) is 0 Å². The zero-order valence-electron chi connectivity index (χ0n) is 16.6. The molecule has 1 fully saturated rings. The van der Waals surface area contributed by atoms with Crippen LogP contribution in [0.5, 0.6) is 0 Å². The van der Waals surface area contributed by atoms with Crippen molar-refractivity contribution in [1.82, 2.24) is 0 Å². The topological polar surface area (TPSA) is 61.8 Å². The second-order valence-corrected chi connectivity index (χ2v) is 4.81. The van der Waals surface area contributed by atoms with E-state index in [2.05, 4.69) is 16.4 Å². The van der Waals surface area contributed by atoms with Crippen molar-refractivity contribution in [3.05, 3.63) is 21.8 Å². The van der Waals surface area contributed by atoms with Gasteiger partial charge in [-0.3, -0.25) is 4.79 Å². The molecule has 25 heavy (non-hydrogen) atoms. The maximum Gasteiger partial charge on any atom is 2.00 e. The van der Waals surface area contributed by atoms with E-state index in [0.717, 1.165) is 18.9 Å².